The van der Waals surface area contributed by atoms with Crippen LogP contribution in [-0.2, 0) is 21.2 Å². The van der Waals surface area contributed by atoms with Gasteiger partial charge in [-0.1, -0.05) is 40.9 Å². The van der Waals surface area contributed by atoms with Gasteiger partial charge < -0.3 is 20.4 Å². The van der Waals surface area contributed by atoms with Gasteiger partial charge in [-0.05, 0) is 74.0 Å². The number of hydrogen-bond acceptors (Lipinski definition) is 7. The number of nitrogens with zero attached hydrogens (tertiary/aromatic N) is 4. The fraction of sp³-hybridized carbons (Fsp3) is 0.355. The molecule has 0 aliphatic carbocycles. The smallest absolute Gasteiger partial charge is 0.295 e. The number of sulfonamides is 1. The molecule has 2 amide bonds. The summed E-state index contributed by atoms with van der Waals surface area (Å²) < 4.78 is 28.7. The molecule has 222 valence electrons. The van der Waals surface area contributed by atoms with Crippen molar-refractivity contribution in [2.24, 2.45) is 5.73 Å². The van der Waals surface area contributed by atoms with Crippen molar-refractivity contribution in [3.8, 4) is 5.75 Å². The van der Waals surface area contributed by atoms with Gasteiger partial charge in [-0.25, -0.2) is 0 Å². The molecule has 2 N–H and O–H groups in total. The van der Waals surface area contributed by atoms with Crippen LogP contribution in [0.2, 0.25) is 0 Å². The average Bonchev–Trinajstić information content (AvgIpc) is 3.54. The molecule has 2 heterocycles. The number of amides is 2. The Bertz CT molecular complexity index is 1470. The van der Waals surface area contributed by atoms with E-state index in [2.05, 4.69) is 9.80 Å². The lowest BCUT2D eigenvalue weighted by Crippen LogP contribution is -2.50. The number of piperazine rings is 1. The first-order valence-corrected chi connectivity index (χ1v) is 15.7. The Morgan fingerprint density at radius 1 is 0.786 bits per heavy atom. The average molecular weight is 592 g/mol. The fourth-order valence-corrected chi connectivity index (χ4v) is 6.67. The van der Waals surface area contributed by atoms with Crippen molar-refractivity contribution in [3.63, 3.8) is 0 Å². The van der Waals surface area contributed by atoms with Crippen molar-refractivity contribution < 1.29 is 22.8 Å². The summed E-state index contributed by atoms with van der Waals surface area (Å²) in [6.07, 6.45) is 2.39. The highest BCUT2D eigenvalue weighted by Crippen LogP contribution is 2.27. The summed E-state index contributed by atoms with van der Waals surface area (Å²) >= 11 is 0. The third-order valence-corrected chi connectivity index (χ3v) is 9.33. The van der Waals surface area contributed by atoms with Crippen LogP contribution in [0.15, 0.2) is 83.8 Å². The van der Waals surface area contributed by atoms with Crippen molar-refractivity contribution in [3.05, 3.63) is 90.0 Å². The highest BCUT2D eigenvalue weighted by atomic mass is 32.2. The lowest BCUT2D eigenvalue weighted by Gasteiger charge is -2.35. The molecule has 0 atom stereocenters. The van der Waals surface area contributed by atoms with Crippen molar-refractivity contribution >= 4 is 27.5 Å². The third-order valence-electron chi connectivity index (χ3n) is 7.75. The molecule has 2 fully saturated rings. The number of rotatable bonds is 11. The van der Waals surface area contributed by atoms with Gasteiger partial charge in [0.15, 0.2) is 5.75 Å². The molecule has 0 saturated carbocycles. The van der Waals surface area contributed by atoms with Gasteiger partial charge in [-0.3, -0.25) is 14.5 Å². The molecule has 3 aromatic rings. The van der Waals surface area contributed by atoms with Crippen LogP contribution >= 0.6 is 0 Å². The molecule has 2 saturated heterocycles. The zero-order valence-corrected chi connectivity index (χ0v) is 24.4. The van der Waals surface area contributed by atoms with Crippen molar-refractivity contribution in [2.45, 2.75) is 24.2 Å². The molecule has 0 spiro atoms. The lowest BCUT2D eigenvalue weighted by molar-refractivity contribution is -0.132. The first-order chi connectivity index (χ1) is 20.3. The maximum atomic E-state index is 13.9. The van der Waals surface area contributed by atoms with Gasteiger partial charge in [-0.15, -0.1) is 0 Å². The van der Waals surface area contributed by atoms with E-state index in [1.54, 1.807) is 65.6 Å². The largest absolute Gasteiger partial charge is 0.366 e. The van der Waals surface area contributed by atoms with Crippen LogP contribution in [0.25, 0.3) is 0 Å². The Labute approximate surface area is 247 Å². The number of nitrogens with two attached hydrogens (primary N) is 1. The lowest BCUT2D eigenvalue weighted by atomic mass is 10.0. The standard InChI is InChI=1S/C31H37N5O5S/c32-31(38)29-14-13-28(42(39,40)36(26-9-3-1-4-10-26)41-27-11-5-2-6-12-27)23-25(29)24-30(37)35-21-19-34(20-22-35)18-17-33-15-7-8-16-33/h1-6,9-14,23H,7-8,15-22,24H2,(H2,32,38). The molecule has 2 aliphatic rings. The molecule has 3 aromatic carbocycles. The highest BCUT2D eigenvalue weighted by Gasteiger charge is 2.30. The number of anilines is 1. The van der Waals surface area contributed by atoms with Crippen LogP contribution in [0.1, 0.15) is 28.8 Å². The molecular formula is C31H37N5O5S. The molecule has 0 bridgehead atoms. The van der Waals surface area contributed by atoms with Crippen molar-refractivity contribution in [1.29, 1.82) is 0 Å². The Morgan fingerprint density at radius 3 is 2.00 bits per heavy atom. The Hall–Kier alpha value is -3.93. The Morgan fingerprint density at radius 2 is 1.38 bits per heavy atom. The Balaban J connectivity index is 1.33. The minimum atomic E-state index is -4.28. The predicted octanol–water partition coefficient (Wildman–Crippen LogP) is 2.76. The number of hydrogen-bond donors (Lipinski definition) is 1. The van der Waals surface area contributed by atoms with Gasteiger partial charge in [0.2, 0.25) is 11.8 Å². The summed E-state index contributed by atoms with van der Waals surface area (Å²) in [5.74, 6) is -0.575. The number of benzene rings is 3. The summed E-state index contributed by atoms with van der Waals surface area (Å²) in [4.78, 5) is 37.9. The second-order valence-electron chi connectivity index (χ2n) is 10.6. The SMILES string of the molecule is NC(=O)c1ccc(S(=O)(=O)N(Oc2ccccc2)c2ccccc2)cc1CC(=O)N1CCN(CCN2CCCC2)CC1. The summed E-state index contributed by atoms with van der Waals surface area (Å²) in [5.41, 5.74) is 6.29. The molecule has 0 unspecified atom stereocenters. The zero-order valence-electron chi connectivity index (χ0n) is 23.6. The van der Waals surface area contributed by atoms with Gasteiger partial charge in [0, 0.05) is 44.8 Å². The summed E-state index contributed by atoms with van der Waals surface area (Å²) in [7, 11) is -4.28. The van der Waals surface area contributed by atoms with E-state index >= 15 is 0 Å². The summed E-state index contributed by atoms with van der Waals surface area (Å²) in [5, 5.41) is 0. The maximum Gasteiger partial charge on any atom is 0.295 e. The predicted molar refractivity (Wildman–Crippen MR) is 161 cm³/mol. The van der Waals surface area contributed by atoms with Crippen LogP contribution in [0.4, 0.5) is 5.69 Å². The third kappa shape index (κ3) is 7.10. The van der Waals surface area contributed by atoms with Crippen LogP contribution in [0.3, 0.4) is 0 Å². The second kappa shape index (κ2) is 13.4. The quantitative estimate of drug-likeness (QED) is 0.341. The number of likely N-dealkylation sites (tertiary alicyclic amines) is 1. The molecule has 0 radical (unpaired) electrons. The number of primary amides is 1. The van der Waals surface area contributed by atoms with Gasteiger partial charge in [0.25, 0.3) is 10.0 Å². The second-order valence-corrected chi connectivity index (χ2v) is 12.4. The van der Waals surface area contributed by atoms with Crippen LogP contribution in [-0.4, -0.2) is 87.3 Å². The molecule has 10 nitrogen and oxygen atoms in total. The van der Waals surface area contributed by atoms with Gasteiger partial charge in [0.1, 0.15) is 0 Å². The van der Waals surface area contributed by atoms with E-state index < -0.39 is 15.9 Å². The summed E-state index contributed by atoms with van der Waals surface area (Å²) in [6.45, 7) is 7.07. The summed E-state index contributed by atoms with van der Waals surface area (Å²) in [6, 6.07) is 21.0. The maximum absolute atomic E-state index is 13.9. The van der Waals surface area contributed by atoms with Gasteiger partial charge in [-0.2, -0.15) is 8.42 Å². The van der Waals surface area contributed by atoms with Gasteiger partial charge in [0.05, 0.1) is 17.0 Å². The topological polar surface area (TPSA) is 116 Å². The van der Waals surface area contributed by atoms with Crippen molar-refractivity contribution in [1.82, 2.24) is 14.7 Å². The number of carbonyl (C=O) groups excluding carboxylic acids is 2. The van der Waals surface area contributed by atoms with Gasteiger partial charge >= 0.3 is 0 Å². The van der Waals surface area contributed by atoms with E-state index in [0.717, 1.165) is 43.7 Å². The monoisotopic (exact) mass is 591 g/mol. The fourth-order valence-electron chi connectivity index (χ4n) is 5.36. The van der Waals surface area contributed by atoms with E-state index in [9.17, 15) is 18.0 Å². The highest BCUT2D eigenvalue weighted by molar-refractivity contribution is 7.92. The molecule has 0 aromatic heterocycles. The van der Waals surface area contributed by atoms with Crippen LogP contribution < -0.4 is 15.0 Å². The number of carbonyl (C=O) groups is 2. The molecule has 42 heavy (non-hydrogen) atoms. The van der Waals surface area contributed by atoms with Crippen molar-refractivity contribution in [2.75, 3.05) is 56.8 Å². The van der Waals surface area contributed by atoms with Crippen LogP contribution in [0.5, 0.6) is 5.75 Å². The first kappa shape index (κ1) is 29.6. The Kier molecular flexibility index (Phi) is 9.41. The van der Waals surface area contributed by atoms with Crippen LogP contribution in [0, 0.1) is 0 Å². The van der Waals surface area contributed by atoms with E-state index in [-0.39, 0.29) is 28.4 Å². The first-order valence-electron chi connectivity index (χ1n) is 14.3. The van der Waals surface area contributed by atoms with E-state index in [1.807, 2.05) is 0 Å². The molecule has 5 rings (SSSR count). The minimum absolute atomic E-state index is 0.113. The minimum Gasteiger partial charge on any atom is -0.366 e. The zero-order chi connectivity index (χ0) is 29.5. The molecule has 2 aliphatic heterocycles. The van der Waals surface area contributed by atoms with E-state index in [4.69, 9.17) is 10.6 Å². The normalized spacial score (nSPS) is 16.3. The molecular weight excluding hydrogens is 554 g/mol. The number of para-hydroxylation sites is 2. The van der Waals surface area contributed by atoms with E-state index in [1.165, 1.54) is 31.0 Å². The van der Waals surface area contributed by atoms with E-state index in [0.29, 0.717) is 24.5 Å². The molecule has 11 heteroatoms.